The van der Waals surface area contributed by atoms with Gasteiger partial charge < -0.3 is 19.5 Å². The van der Waals surface area contributed by atoms with Gasteiger partial charge in [0.15, 0.2) is 11.5 Å². The minimum atomic E-state index is -0.548. The van der Waals surface area contributed by atoms with Crippen molar-refractivity contribution in [1.29, 1.82) is 0 Å². The molecule has 8 nitrogen and oxygen atoms in total. The van der Waals surface area contributed by atoms with Gasteiger partial charge >= 0.3 is 5.97 Å². The summed E-state index contributed by atoms with van der Waals surface area (Å²) in [7, 11) is 4.62. The SMILES string of the molecule is CCOC(=O)c1cnn(C)c1NC(=O)c1ccc(OC)c(OC)c1. The third kappa shape index (κ3) is 3.48. The van der Waals surface area contributed by atoms with Gasteiger partial charge in [0.2, 0.25) is 0 Å². The number of aryl methyl sites for hydroxylation is 1. The minimum Gasteiger partial charge on any atom is -0.493 e. The quantitative estimate of drug-likeness (QED) is 0.811. The average molecular weight is 333 g/mol. The van der Waals surface area contributed by atoms with Crippen molar-refractivity contribution < 1.29 is 23.8 Å². The number of nitrogens with zero attached hydrogens (tertiary/aromatic N) is 2. The van der Waals surface area contributed by atoms with Gasteiger partial charge in [-0.2, -0.15) is 5.10 Å². The molecule has 0 aliphatic carbocycles. The molecule has 0 unspecified atom stereocenters. The Morgan fingerprint density at radius 2 is 1.92 bits per heavy atom. The summed E-state index contributed by atoms with van der Waals surface area (Å²) in [6.07, 6.45) is 1.35. The zero-order valence-electron chi connectivity index (χ0n) is 14.0. The molecule has 1 aromatic heterocycles. The first-order valence-corrected chi connectivity index (χ1v) is 7.24. The van der Waals surface area contributed by atoms with Crippen LogP contribution in [0.3, 0.4) is 0 Å². The van der Waals surface area contributed by atoms with Crippen LogP contribution >= 0.6 is 0 Å². The Balaban J connectivity index is 2.27. The number of rotatable bonds is 6. The van der Waals surface area contributed by atoms with Gasteiger partial charge in [0.1, 0.15) is 11.4 Å². The van der Waals surface area contributed by atoms with Crippen LogP contribution in [0.2, 0.25) is 0 Å². The Bertz CT molecular complexity index is 754. The Morgan fingerprint density at radius 3 is 2.54 bits per heavy atom. The summed E-state index contributed by atoms with van der Waals surface area (Å²) < 4.78 is 16.7. The fourth-order valence-electron chi connectivity index (χ4n) is 2.10. The second-order valence-corrected chi connectivity index (χ2v) is 4.77. The van der Waals surface area contributed by atoms with Crippen molar-refractivity contribution >= 4 is 17.7 Å². The van der Waals surface area contributed by atoms with Crippen LogP contribution in [0.5, 0.6) is 11.5 Å². The van der Waals surface area contributed by atoms with Crippen molar-refractivity contribution in [3.05, 3.63) is 35.5 Å². The van der Waals surface area contributed by atoms with Crippen LogP contribution in [0.4, 0.5) is 5.82 Å². The molecule has 0 spiro atoms. The third-order valence-corrected chi connectivity index (χ3v) is 3.31. The van der Waals surface area contributed by atoms with E-state index in [1.165, 1.54) is 25.1 Å². The van der Waals surface area contributed by atoms with Crippen LogP contribution in [0.1, 0.15) is 27.6 Å². The van der Waals surface area contributed by atoms with Gasteiger partial charge in [-0.05, 0) is 25.1 Å². The van der Waals surface area contributed by atoms with Crippen molar-refractivity contribution in [2.24, 2.45) is 7.05 Å². The highest BCUT2D eigenvalue weighted by atomic mass is 16.5. The Morgan fingerprint density at radius 1 is 1.21 bits per heavy atom. The lowest BCUT2D eigenvalue weighted by Gasteiger charge is -2.11. The first-order chi connectivity index (χ1) is 11.5. The van der Waals surface area contributed by atoms with Crippen LogP contribution in [-0.2, 0) is 11.8 Å². The molecule has 0 saturated carbocycles. The summed E-state index contributed by atoms with van der Waals surface area (Å²) in [5.74, 6) is 0.245. The van der Waals surface area contributed by atoms with Crippen molar-refractivity contribution in [3.63, 3.8) is 0 Å². The molecule has 24 heavy (non-hydrogen) atoms. The number of ether oxygens (including phenoxy) is 3. The lowest BCUT2D eigenvalue weighted by Crippen LogP contribution is -2.17. The van der Waals surface area contributed by atoms with Crippen LogP contribution in [-0.4, -0.2) is 42.5 Å². The summed E-state index contributed by atoms with van der Waals surface area (Å²) in [5, 5.41) is 6.65. The molecule has 0 atom stereocenters. The van der Waals surface area contributed by atoms with E-state index < -0.39 is 11.9 Å². The largest absolute Gasteiger partial charge is 0.493 e. The molecule has 1 heterocycles. The highest BCUT2D eigenvalue weighted by Gasteiger charge is 2.20. The predicted molar refractivity (Wildman–Crippen MR) is 86.7 cm³/mol. The van der Waals surface area contributed by atoms with Crippen molar-refractivity contribution in [2.45, 2.75) is 6.92 Å². The van der Waals surface area contributed by atoms with Gasteiger partial charge in [-0.1, -0.05) is 0 Å². The summed E-state index contributed by atoms with van der Waals surface area (Å²) in [5.41, 5.74) is 0.539. The number of hydrogen-bond acceptors (Lipinski definition) is 6. The van der Waals surface area contributed by atoms with E-state index in [2.05, 4.69) is 10.4 Å². The topological polar surface area (TPSA) is 91.7 Å². The minimum absolute atomic E-state index is 0.188. The first-order valence-electron chi connectivity index (χ1n) is 7.24. The molecule has 1 N–H and O–H groups in total. The van der Waals surface area contributed by atoms with Crippen molar-refractivity contribution in [2.75, 3.05) is 26.1 Å². The molecule has 0 aliphatic rings. The molecule has 1 amide bonds. The summed E-state index contributed by atoms with van der Waals surface area (Å²) in [4.78, 5) is 24.4. The van der Waals surface area contributed by atoms with Gasteiger partial charge in [0.05, 0.1) is 27.0 Å². The Kier molecular flexibility index (Phi) is 5.41. The van der Waals surface area contributed by atoms with Gasteiger partial charge in [0, 0.05) is 12.6 Å². The molecule has 0 bridgehead atoms. The number of hydrogen-bond donors (Lipinski definition) is 1. The standard InChI is InChI=1S/C16H19N3O5/c1-5-24-16(21)11-9-17-19(2)14(11)18-15(20)10-6-7-12(22-3)13(8-10)23-4/h6-9H,5H2,1-4H3,(H,18,20). The summed E-state index contributed by atoms with van der Waals surface area (Å²) in [6, 6.07) is 4.77. The van der Waals surface area contributed by atoms with Crippen LogP contribution in [0.15, 0.2) is 24.4 Å². The lowest BCUT2D eigenvalue weighted by atomic mass is 10.2. The highest BCUT2D eigenvalue weighted by Crippen LogP contribution is 2.28. The molecule has 0 saturated heterocycles. The number of nitrogens with one attached hydrogen (secondary N) is 1. The first kappa shape index (κ1) is 17.3. The molecule has 0 aliphatic heterocycles. The van der Waals surface area contributed by atoms with E-state index in [9.17, 15) is 9.59 Å². The monoisotopic (exact) mass is 333 g/mol. The number of esters is 1. The zero-order valence-corrected chi connectivity index (χ0v) is 14.0. The highest BCUT2D eigenvalue weighted by molar-refractivity contribution is 6.07. The number of carbonyl (C=O) groups is 2. The maximum Gasteiger partial charge on any atom is 0.343 e. The van der Waals surface area contributed by atoms with Crippen LogP contribution in [0.25, 0.3) is 0 Å². The number of amides is 1. The molecule has 1 aromatic carbocycles. The van der Waals surface area contributed by atoms with Gasteiger partial charge in [-0.25, -0.2) is 4.79 Å². The van der Waals surface area contributed by atoms with Gasteiger partial charge in [-0.3, -0.25) is 9.48 Å². The number of aromatic nitrogens is 2. The maximum absolute atomic E-state index is 12.5. The third-order valence-electron chi connectivity index (χ3n) is 3.31. The molecular formula is C16H19N3O5. The van der Waals surface area contributed by atoms with Crippen molar-refractivity contribution in [3.8, 4) is 11.5 Å². The molecule has 0 fully saturated rings. The van der Waals surface area contributed by atoms with E-state index in [1.54, 1.807) is 32.2 Å². The predicted octanol–water partition coefficient (Wildman–Crippen LogP) is 1.87. The van der Waals surface area contributed by atoms with E-state index in [1.807, 2.05) is 0 Å². The molecule has 2 aromatic rings. The molecule has 2 rings (SSSR count). The number of anilines is 1. The molecule has 0 radical (unpaired) electrons. The zero-order chi connectivity index (χ0) is 17.7. The van der Waals surface area contributed by atoms with E-state index in [-0.39, 0.29) is 18.0 Å². The molecule has 8 heteroatoms. The molecular weight excluding hydrogens is 314 g/mol. The number of benzene rings is 1. The van der Waals surface area contributed by atoms with Crippen LogP contribution < -0.4 is 14.8 Å². The second-order valence-electron chi connectivity index (χ2n) is 4.77. The fraction of sp³-hybridized carbons (Fsp3) is 0.312. The van der Waals surface area contributed by atoms with E-state index in [0.717, 1.165) is 0 Å². The van der Waals surface area contributed by atoms with E-state index in [4.69, 9.17) is 14.2 Å². The Labute approximate surface area is 139 Å². The lowest BCUT2D eigenvalue weighted by molar-refractivity contribution is 0.0527. The van der Waals surface area contributed by atoms with Crippen LogP contribution in [0, 0.1) is 0 Å². The Hall–Kier alpha value is -3.03. The smallest absolute Gasteiger partial charge is 0.343 e. The maximum atomic E-state index is 12.5. The fourth-order valence-corrected chi connectivity index (χ4v) is 2.10. The van der Waals surface area contributed by atoms with E-state index in [0.29, 0.717) is 17.1 Å². The molecule has 128 valence electrons. The number of methoxy groups -OCH3 is 2. The van der Waals surface area contributed by atoms with Crippen molar-refractivity contribution in [1.82, 2.24) is 9.78 Å². The van der Waals surface area contributed by atoms with Gasteiger partial charge in [0.25, 0.3) is 5.91 Å². The van der Waals surface area contributed by atoms with E-state index >= 15 is 0 Å². The number of carbonyl (C=O) groups excluding carboxylic acids is 2. The normalized spacial score (nSPS) is 10.2. The van der Waals surface area contributed by atoms with Gasteiger partial charge in [-0.15, -0.1) is 0 Å². The average Bonchev–Trinajstić information content (AvgIpc) is 2.95. The summed E-state index contributed by atoms with van der Waals surface area (Å²) >= 11 is 0. The summed E-state index contributed by atoms with van der Waals surface area (Å²) in [6.45, 7) is 1.94. The second kappa shape index (κ2) is 7.49.